The van der Waals surface area contributed by atoms with Crippen molar-refractivity contribution in [3.8, 4) is 0 Å². The fourth-order valence-electron chi connectivity index (χ4n) is 2.00. The average Bonchev–Trinajstić information content (AvgIpc) is 2.64. The van der Waals surface area contributed by atoms with Crippen LogP contribution in [0.15, 0.2) is 16.7 Å². The lowest BCUT2D eigenvalue weighted by Gasteiger charge is -2.30. The first kappa shape index (κ1) is 11.5. The van der Waals surface area contributed by atoms with Gasteiger partial charge in [0.1, 0.15) is 0 Å². The van der Waals surface area contributed by atoms with Crippen LogP contribution in [0, 0.1) is 0 Å². The maximum Gasteiger partial charge on any atom is 0.256 e. The number of nitrogens with one attached hydrogen (secondary N) is 1. The minimum Gasteiger partial charge on any atom is -0.452 e. The number of furan rings is 1. The summed E-state index contributed by atoms with van der Waals surface area (Å²) in [4.78, 5) is 14.0. The van der Waals surface area contributed by atoms with Crippen molar-refractivity contribution in [3.05, 3.63) is 23.1 Å². The maximum atomic E-state index is 11.8. The summed E-state index contributed by atoms with van der Waals surface area (Å²) in [6, 6.07) is 1.79. The minimum atomic E-state index is -0.154. The van der Waals surface area contributed by atoms with Crippen LogP contribution in [-0.4, -0.2) is 37.0 Å². The molecule has 1 N–H and O–H groups in total. The van der Waals surface area contributed by atoms with E-state index in [0.29, 0.717) is 5.56 Å². The fourth-order valence-corrected chi connectivity index (χ4v) is 2.20. The predicted molar refractivity (Wildman–Crippen MR) is 61.7 cm³/mol. The fraction of sp³-hybridized carbons (Fsp3) is 0.545. The molecule has 0 aromatic carbocycles. The van der Waals surface area contributed by atoms with E-state index < -0.39 is 0 Å². The Kier molecular flexibility index (Phi) is 3.51. The Bertz CT molecular complexity index is 378. The van der Waals surface area contributed by atoms with E-state index in [-0.39, 0.29) is 17.2 Å². The molecule has 1 atom stereocenters. The number of nitrogens with zero attached hydrogens (tertiary/aromatic N) is 1. The molecule has 16 heavy (non-hydrogen) atoms. The van der Waals surface area contributed by atoms with Crippen LogP contribution in [0.25, 0.3) is 0 Å². The second-order valence-corrected chi connectivity index (χ2v) is 4.53. The van der Waals surface area contributed by atoms with Crippen molar-refractivity contribution in [1.82, 2.24) is 10.2 Å². The van der Waals surface area contributed by atoms with Crippen molar-refractivity contribution >= 4 is 17.5 Å². The smallest absolute Gasteiger partial charge is 0.256 e. The normalized spacial score (nSPS) is 22.0. The summed E-state index contributed by atoms with van der Waals surface area (Å²) in [5, 5.41) is 3.12. The topological polar surface area (TPSA) is 45.5 Å². The molecule has 0 saturated carbocycles. The zero-order chi connectivity index (χ0) is 11.5. The molecule has 0 bridgehead atoms. The highest BCUT2D eigenvalue weighted by molar-refractivity contribution is 6.32. The van der Waals surface area contributed by atoms with Gasteiger partial charge in [-0.2, -0.15) is 0 Å². The molecule has 1 aromatic rings. The summed E-state index contributed by atoms with van der Waals surface area (Å²) >= 11 is 5.74. The summed E-state index contributed by atoms with van der Waals surface area (Å²) < 4.78 is 4.89. The highest BCUT2D eigenvalue weighted by Gasteiger charge is 2.21. The summed E-state index contributed by atoms with van der Waals surface area (Å²) in [6.45, 7) is 1.99. The van der Waals surface area contributed by atoms with Crippen LogP contribution in [0.5, 0.6) is 0 Å². The molecule has 4 nitrogen and oxygen atoms in total. The van der Waals surface area contributed by atoms with Gasteiger partial charge >= 0.3 is 0 Å². The molecule has 1 aromatic heterocycles. The number of likely N-dealkylation sites (N-methyl/N-ethyl adjacent to an activating group) is 1. The second-order valence-electron chi connectivity index (χ2n) is 4.18. The van der Waals surface area contributed by atoms with E-state index in [2.05, 4.69) is 17.3 Å². The van der Waals surface area contributed by atoms with E-state index in [9.17, 15) is 4.79 Å². The van der Waals surface area contributed by atoms with Crippen LogP contribution in [-0.2, 0) is 0 Å². The number of halogens is 1. The van der Waals surface area contributed by atoms with Crippen LogP contribution in [0.4, 0.5) is 0 Å². The van der Waals surface area contributed by atoms with Gasteiger partial charge in [0.2, 0.25) is 5.22 Å². The first-order chi connectivity index (χ1) is 7.66. The molecule has 1 amide bonds. The Morgan fingerprint density at radius 1 is 1.69 bits per heavy atom. The van der Waals surface area contributed by atoms with Crippen LogP contribution < -0.4 is 5.32 Å². The third-order valence-electron chi connectivity index (χ3n) is 2.82. The lowest BCUT2D eigenvalue weighted by Crippen LogP contribution is -2.46. The highest BCUT2D eigenvalue weighted by Crippen LogP contribution is 2.17. The molecular formula is C11H15ClN2O2. The lowest BCUT2D eigenvalue weighted by atomic mass is 10.1. The molecule has 1 aliphatic rings. The van der Waals surface area contributed by atoms with Crippen LogP contribution >= 0.6 is 11.6 Å². The van der Waals surface area contributed by atoms with E-state index in [1.807, 2.05) is 0 Å². The van der Waals surface area contributed by atoms with Crippen molar-refractivity contribution in [1.29, 1.82) is 0 Å². The molecule has 1 saturated heterocycles. The number of carbonyl (C=O) groups is 1. The molecular weight excluding hydrogens is 228 g/mol. The maximum absolute atomic E-state index is 11.8. The first-order valence-electron chi connectivity index (χ1n) is 5.39. The molecule has 5 heteroatoms. The Morgan fingerprint density at radius 2 is 2.50 bits per heavy atom. The van der Waals surface area contributed by atoms with E-state index >= 15 is 0 Å². The van der Waals surface area contributed by atoms with E-state index in [1.165, 1.54) is 6.26 Å². The number of hydrogen-bond acceptors (Lipinski definition) is 3. The third kappa shape index (κ3) is 2.57. The Hall–Kier alpha value is -1.00. The molecule has 1 aliphatic heterocycles. The summed E-state index contributed by atoms with van der Waals surface area (Å²) in [7, 11) is 2.06. The number of likely N-dealkylation sites (tertiary alicyclic amines) is 1. The highest BCUT2D eigenvalue weighted by atomic mass is 35.5. The van der Waals surface area contributed by atoms with Gasteiger partial charge in [0.25, 0.3) is 5.91 Å². The SMILES string of the molecule is CN1CCCC(NC(=O)c2ccoc2Cl)C1. The van der Waals surface area contributed by atoms with Gasteiger partial charge in [-0.25, -0.2) is 0 Å². The van der Waals surface area contributed by atoms with Crippen molar-refractivity contribution in [2.24, 2.45) is 0 Å². The van der Waals surface area contributed by atoms with Gasteiger partial charge in [-0.15, -0.1) is 0 Å². The van der Waals surface area contributed by atoms with Crippen molar-refractivity contribution < 1.29 is 9.21 Å². The monoisotopic (exact) mass is 242 g/mol. The number of carbonyl (C=O) groups excluding carboxylic acids is 1. The largest absolute Gasteiger partial charge is 0.452 e. The summed E-state index contributed by atoms with van der Waals surface area (Å²) in [5.74, 6) is -0.154. The standard InChI is InChI=1S/C11H15ClN2O2/c1-14-5-2-3-8(7-14)13-11(15)9-4-6-16-10(9)12/h4,6,8H,2-3,5,7H2,1H3,(H,13,15). The number of piperidine rings is 1. The van der Waals surface area contributed by atoms with Crippen LogP contribution in [0.1, 0.15) is 23.2 Å². The molecule has 2 rings (SSSR count). The molecule has 1 fully saturated rings. The Morgan fingerprint density at radius 3 is 3.12 bits per heavy atom. The molecule has 88 valence electrons. The Balaban J connectivity index is 1.95. The molecule has 0 radical (unpaired) electrons. The van der Waals surface area contributed by atoms with Gasteiger partial charge in [-0.1, -0.05) is 0 Å². The van der Waals surface area contributed by atoms with E-state index in [1.54, 1.807) is 6.07 Å². The van der Waals surface area contributed by atoms with Gasteiger partial charge in [0, 0.05) is 12.6 Å². The summed E-state index contributed by atoms with van der Waals surface area (Å²) in [5.41, 5.74) is 0.412. The molecule has 1 unspecified atom stereocenters. The number of amides is 1. The van der Waals surface area contributed by atoms with Gasteiger partial charge in [-0.3, -0.25) is 4.79 Å². The van der Waals surface area contributed by atoms with Crippen molar-refractivity contribution in [2.45, 2.75) is 18.9 Å². The predicted octanol–water partition coefficient (Wildman–Crippen LogP) is 1.76. The summed E-state index contributed by atoms with van der Waals surface area (Å²) in [6.07, 6.45) is 3.55. The number of hydrogen-bond donors (Lipinski definition) is 1. The van der Waals surface area contributed by atoms with E-state index in [0.717, 1.165) is 25.9 Å². The van der Waals surface area contributed by atoms with E-state index in [4.69, 9.17) is 16.0 Å². The number of rotatable bonds is 2. The van der Waals surface area contributed by atoms with Gasteiger partial charge in [0.05, 0.1) is 11.8 Å². The van der Waals surface area contributed by atoms with Gasteiger partial charge in [-0.05, 0) is 44.1 Å². The van der Waals surface area contributed by atoms with Crippen LogP contribution in [0.2, 0.25) is 5.22 Å². The van der Waals surface area contributed by atoms with Gasteiger partial charge in [0.15, 0.2) is 0 Å². The zero-order valence-corrected chi connectivity index (χ0v) is 9.96. The molecule has 2 heterocycles. The third-order valence-corrected chi connectivity index (χ3v) is 3.11. The zero-order valence-electron chi connectivity index (χ0n) is 9.20. The average molecular weight is 243 g/mol. The quantitative estimate of drug-likeness (QED) is 0.860. The Labute approximate surface area is 99.5 Å². The van der Waals surface area contributed by atoms with Crippen molar-refractivity contribution in [3.63, 3.8) is 0 Å². The first-order valence-corrected chi connectivity index (χ1v) is 5.77. The van der Waals surface area contributed by atoms with Gasteiger partial charge < -0.3 is 14.6 Å². The lowest BCUT2D eigenvalue weighted by molar-refractivity contribution is 0.0912. The minimum absolute atomic E-state index is 0.154. The second kappa shape index (κ2) is 4.89. The molecule has 0 aliphatic carbocycles. The van der Waals surface area contributed by atoms with Crippen molar-refractivity contribution in [2.75, 3.05) is 20.1 Å². The molecule has 0 spiro atoms. The van der Waals surface area contributed by atoms with Crippen LogP contribution in [0.3, 0.4) is 0 Å².